The van der Waals surface area contributed by atoms with Gasteiger partial charge in [-0.15, -0.1) is 0 Å². The van der Waals surface area contributed by atoms with Crippen molar-refractivity contribution in [1.82, 2.24) is 0 Å². The molecule has 0 N–H and O–H groups in total. The molecule has 1 aliphatic heterocycles. The second-order valence-corrected chi connectivity index (χ2v) is 10.6. The number of carbonyl (C=O) groups excluding carboxylic acids is 1. The summed E-state index contributed by atoms with van der Waals surface area (Å²) in [5.41, 5.74) is 0.622. The van der Waals surface area contributed by atoms with Crippen LogP contribution in [-0.4, -0.2) is 31.1 Å². The van der Waals surface area contributed by atoms with Crippen molar-refractivity contribution < 1.29 is 19.0 Å². The van der Waals surface area contributed by atoms with Crippen molar-refractivity contribution in [2.24, 2.45) is 34.5 Å². The molecule has 1 spiro atoms. The summed E-state index contributed by atoms with van der Waals surface area (Å²) in [5, 5.41) is 0. The molecular weight excluding hydrogens is 340 g/mol. The van der Waals surface area contributed by atoms with Crippen molar-refractivity contribution in [1.29, 1.82) is 0 Å². The fraction of sp³-hybridized carbons (Fsp3) is 0.957. The number of rotatable bonds is 1. The van der Waals surface area contributed by atoms with Crippen LogP contribution < -0.4 is 0 Å². The van der Waals surface area contributed by atoms with Crippen molar-refractivity contribution in [3.63, 3.8) is 0 Å². The standard InChI is InChI=1S/C23H36O4/c1-15(24)27-17-6-9-21(2)16(14-17)4-5-18-19(21)7-10-22(3)20(18)8-11-23(22)25-12-13-26-23/h16-20H,4-14H2,1-3H3/t16-,17-,18+,19-,20+,21-,22-/m0/s1. The van der Waals surface area contributed by atoms with Gasteiger partial charge >= 0.3 is 5.97 Å². The summed E-state index contributed by atoms with van der Waals surface area (Å²) < 4.78 is 18.1. The second-order valence-electron chi connectivity index (χ2n) is 10.6. The molecule has 0 unspecified atom stereocenters. The van der Waals surface area contributed by atoms with Crippen molar-refractivity contribution in [2.75, 3.05) is 13.2 Å². The monoisotopic (exact) mass is 376 g/mol. The third kappa shape index (κ3) is 2.51. The van der Waals surface area contributed by atoms with Crippen LogP contribution in [0.2, 0.25) is 0 Å². The summed E-state index contributed by atoms with van der Waals surface area (Å²) in [6.07, 6.45) is 11.1. The van der Waals surface area contributed by atoms with Gasteiger partial charge in [0.1, 0.15) is 6.10 Å². The minimum absolute atomic E-state index is 0.112. The molecule has 1 heterocycles. The van der Waals surface area contributed by atoms with E-state index < -0.39 is 0 Å². The van der Waals surface area contributed by atoms with Crippen LogP contribution >= 0.6 is 0 Å². The van der Waals surface area contributed by atoms with Gasteiger partial charge in [-0.25, -0.2) is 0 Å². The maximum absolute atomic E-state index is 11.4. The van der Waals surface area contributed by atoms with E-state index in [1.807, 2.05) is 0 Å². The molecular formula is C23H36O4. The minimum Gasteiger partial charge on any atom is -0.463 e. The normalized spacial score (nSPS) is 50.7. The van der Waals surface area contributed by atoms with Crippen LogP contribution in [-0.2, 0) is 19.0 Å². The Kier molecular flexibility index (Phi) is 4.22. The number of hydrogen-bond acceptors (Lipinski definition) is 4. The van der Waals surface area contributed by atoms with E-state index in [0.29, 0.717) is 5.41 Å². The molecule has 0 bridgehead atoms. The van der Waals surface area contributed by atoms with Crippen LogP contribution in [0, 0.1) is 34.5 Å². The Bertz CT molecular complexity index is 611. The van der Waals surface area contributed by atoms with Gasteiger partial charge in [0, 0.05) is 18.8 Å². The first-order chi connectivity index (χ1) is 12.9. The smallest absolute Gasteiger partial charge is 0.302 e. The van der Waals surface area contributed by atoms with E-state index in [9.17, 15) is 4.79 Å². The van der Waals surface area contributed by atoms with Crippen LogP contribution in [0.3, 0.4) is 0 Å². The third-order valence-electron chi connectivity index (χ3n) is 9.75. The molecule has 0 aromatic carbocycles. The fourth-order valence-electron chi connectivity index (χ4n) is 8.45. The van der Waals surface area contributed by atoms with Gasteiger partial charge in [0.25, 0.3) is 0 Å². The van der Waals surface area contributed by atoms with Gasteiger partial charge in [-0.2, -0.15) is 0 Å². The first kappa shape index (κ1) is 18.4. The molecule has 1 saturated heterocycles. The average Bonchev–Trinajstić information content (AvgIpc) is 3.21. The molecule has 4 saturated carbocycles. The number of esters is 1. The van der Waals surface area contributed by atoms with Crippen molar-refractivity contribution in [2.45, 2.75) is 90.4 Å². The molecule has 7 atom stereocenters. The number of carbonyl (C=O) groups is 1. The Labute approximate surface area is 163 Å². The molecule has 0 aromatic rings. The van der Waals surface area contributed by atoms with Crippen molar-refractivity contribution >= 4 is 5.97 Å². The van der Waals surface area contributed by atoms with Gasteiger partial charge in [-0.3, -0.25) is 4.79 Å². The van der Waals surface area contributed by atoms with E-state index in [1.165, 1.54) is 38.5 Å². The molecule has 27 heavy (non-hydrogen) atoms. The third-order valence-corrected chi connectivity index (χ3v) is 9.75. The van der Waals surface area contributed by atoms with E-state index in [0.717, 1.165) is 56.1 Å². The predicted octanol–water partition coefficient (Wildman–Crippen LogP) is 4.70. The number of ether oxygens (including phenoxy) is 3. The quantitative estimate of drug-likeness (QED) is 0.622. The zero-order valence-electron chi connectivity index (χ0n) is 17.3. The van der Waals surface area contributed by atoms with Crippen LogP contribution in [0.15, 0.2) is 0 Å². The first-order valence-electron chi connectivity index (χ1n) is 11.3. The summed E-state index contributed by atoms with van der Waals surface area (Å²) in [5.74, 6) is 2.71. The van der Waals surface area contributed by atoms with Gasteiger partial charge in [0.05, 0.1) is 13.2 Å². The highest BCUT2D eigenvalue weighted by Gasteiger charge is 2.67. The molecule has 4 heteroatoms. The van der Waals surface area contributed by atoms with E-state index in [1.54, 1.807) is 6.92 Å². The second kappa shape index (κ2) is 6.19. The predicted molar refractivity (Wildman–Crippen MR) is 102 cm³/mol. The van der Waals surface area contributed by atoms with Crippen molar-refractivity contribution in [3.05, 3.63) is 0 Å². The molecule has 152 valence electrons. The van der Waals surface area contributed by atoms with Gasteiger partial charge in [-0.1, -0.05) is 13.8 Å². The van der Waals surface area contributed by atoms with Gasteiger partial charge in [0.15, 0.2) is 5.79 Å². The molecule has 0 amide bonds. The summed E-state index contributed by atoms with van der Waals surface area (Å²) in [6, 6.07) is 0. The highest BCUT2D eigenvalue weighted by atomic mass is 16.7. The Morgan fingerprint density at radius 3 is 2.41 bits per heavy atom. The summed E-state index contributed by atoms with van der Waals surface area (Å²) in [4.78, 5) is 11.4. The van der Waals surface area contributed by atoms with Gasteiger partial charge in [0.2, 0.25) is 0 Å². The molecule has 0 aromatic heterocycles. The lowest BCUT2D eigenvalue weighted by Gasteiger charge is -2.61. The average molecular weight is 377 g/mol. The van der Waals surface area contributed by atoms with Crippen LogP contribution in [0.4, 0.5) is 0 Å². The Hall–Kier alpha value is -0.610. The largest absolute Gasteiger partial charge is 0.463 e. The maximum Gasteiger partial charge on any atom is 0.302 e. The summed E-state index contributed by atoms with van der Waals surface area (Å²) in [6.45, 7) is 8.13. The zero-order chi connectivity index (χ0) is 18.9. The molecule has 5 fully saturated rings. The summed E-state index contributed by atoms with van der Waals surface area (Å²) >= 11 is 0. The fourth-order valence-corrected chi connectivity index (χ4v) is 8.45. The molecule has 0 radical (unpaired) electrons. The van der Waals surface area contributed by atoms with Gasteiger partial charge < -0.3 is 14.2 Å². The topological polar surface area (TPSA) is 44.8 Å². The van der Waals surface area contributed by atoms with E-state index in [4.69, 9.17) is 14.2 Å². The van der Waals surface area contributed by atoms with Crippen LogP contribution in [0.5, 0.6) is 0 Å². The highest BCUT2D eigenvalue weighted by Crippen LogP contribution is 2.69. The molecule has 5 rings (SSSR count). The minimum atomic E-state index is -0.284. The lowest BCUT2D eigenvalue weighted by Crippen LogP contribution is -2.57. The maximum atomic E-state index is 11.4. The Balaban J connectivity index is 1.37. The highest BCUT2D eigenvalue weighted by molar-refractivity contribution is 5.66. The van der Waals surface area contributed by atoms with Gasteiger partial charge in [-0.05, 0) is 80.5 Å². The van der Waals surface area contributed by atoms with E-state index in [2.05, 4.69) is 13.8 Å². The van der Waals surface area contributed by atoms with E-state index >= 15 is 0 Å². The first-order valence-corrected chi connectivity index (χ1v) is 11.3. The molecule has 4 aliphatic carbocycles. The number of hydrogen-bond donors (Lipinski definition) is 0. The van der Waals surface area contributed by atoms with Crippen LogP contribution in [0.1, 0.15) is 78.6 Å². The molecule has 4 nitrogen and oxygen atoms in total. The summed E-state index contributed by atoms with van der Waals surface area (Å²) in [7, 11) is 0. The Morgan fingerprint density at radius 1 is 0.926 bits per heavy atom. The van der Waals surface area contributed by atoms with Crippen LogP contribution in [0.25, 0.3) is 0 Å². The lowest BCUT2D eigenvalue weighted by atomic mass is 9.45. The Morgan fingerprint density at radius 2 is 1.67 bits per heavy atom. The lowest BCUT2D eigenvalue weighted by molar-refractivity contribution is -0.248. The van der Waals surface area contributed by atoms with Crippen molar-refractivity contribution in [3.8, 4) is 0 Å². The SMILES string of the molecule is CC(=O)O[C@H]1CC[C@@]2(C)[C@@H](CC[C@H]3[C@H]4CCC5(OCCO5)[C@@]4(C)CC[C@@H]32)C1. The van der Waals surface area contributed by atoms with E-state index in [-0.39, 0.29) is 23.3 Å². The number of fused-ring (bicyclic) bond motifs is 6. The molecule has 5 aliphatic rings. The zero-order valence-corrected chi connectivity index (χ0v) is 17.3.